The van der Waals surface area contributed by atoms with Crippen LogP contribution >= 0.6 is 0 Å². The van der Waals surface area contributed by atoms with Gasteiger partial charge in [-0.25, -0.2) is 4.79 Å². The quantitative estimate of drug-likeness (QED) is 0.453. The maximum atomic E-state index is 13.3. The normalized spacial score (nSPS) is 17.1. The summed E-state index contributed by atoms with van der Waals surface area (Å²) in [7, 11) is -0.543. The Hall–Kier alpha value is -2.83. The number of nitrogens with zero attached hydrogens (tertiary/aromatic N) is 1. The molecule has 0 saturated carbocycles. The third kappa shape index (κ3) is 4.70. The minimum Gasteiger partial charge on any atom is -0.410 e. The second-order valence-electron chi connectivity index (χ2n) is 10.9. The lowest BCUT2D eigenvalue weighted by molar-refractivity contribution is 0.00578. The first-order valence-corrected chi connectivity index (χ1v) is 11.8. The third-order valence-corrected chi connectivity index (χ3v) is 6.86. The van der Waals surface area contributed by atoms with Gasteiger partial charge in [0.25, 0.3) is 0 Å². The minimum absolute atomic E-state index is 0.361. The number of para-hydroxylation sites is 1. The average molecular weight is 459 g/mol. The molecule has 0 radical (unpaired) electrons. The predicted molar refractivity (Wildman–Crippen MR) is 137 cm³/mol. The molecule has 1 amide bonds. The maximum Gasteiger partial charge on any atom is 0.495 e. The lowest BCUT2D eigenvalue weighted by Crippen LogP contribution is -2.48. The Balaban J connectivity index is 1.76. The highest BCUT2D eigenvalue weighted by atomic mass is 16.7. The van der Waals surface area contributed by atoms with E-state index in [9.17, 15) is 4.79 Å². The summed E-state index contributed by atoms with van der Waals surface area (Å²) < 4.78 is 18.6. The molecule has 0 atom stereocenters. The highest BCUT2D eigenvalue weighted by Gasteiger charge is 2.52. The standard InChI is InChI=1S/C28H34BNO4/c1-26(2,3)30(25(31)32-22-14-9-8-10-15-22)19-21-18-17-20-13-11-12-16-23(20)24(21)29-33-27(4,5)28(6,7)34-29/h8-18H,19H2,1-7H3. The van der Waals surface area contributed by atoms with Gasteiger partial charge in [-0.2, -0.15) is 0 Å². The highest BCUT2D eigenvalue weighted by Crippen LogP contribution is 2.37. The van der Waals surface area contributed by atoms with E-state index in [0.717, 1.165) is 21.8 Å². The van der Waals surface area contributed by atoms with Gasteiger partial charge in [-0.3, -0.25) is 4.90 Å². The summed E-state index contributed by atoms with van der Waals surface area (Å²) in [6.07, 6.45) is -0.397. The number of ether oxygens (including phenoxy) is 1. The van der Waals surface area contributed by atoms with E-state index >= 15 is 0 Å². The molecular weight excluding hydrogens is 425 g/mol. The van der Waals surface area contributed by atoms with Crippen LogP contribution in [0.3, 0.4) is 0 Å². The van der Waals surface area contributed by atoms with Crippen LogP contribution < -0.4 is 10.2 Å². The molecule has 0 aromatic heterocycles. The van der Waals surface area contributed by atoms with Crippen molar-refractivity contribution in [3.05, 3.63) is 72.3 Å². The Morgan fingerprint density at radius 1 is 0.882 bits per heavy atom. The van der Waals surface area contributed by atoms with Gasteiger partial charge in [0.15, 0.2) is 0 Å². The molecule has 5 nitrogen and oxygen atoms in total. The van der Waals surface area contributed by atoms with Crippen LogP contribution in [0.5, 0.6) is 5.75 Å². The van der Waals surface area contributed by atoms with Crippen molar-refractivity contribution in [1.82, 2.24) is 4.90 Å². The van der Waals surface area contributed by atoms with E-state index in [1.807, 2.05) is 51.1 Å². The van der Waals surface area contributed by atoms with Crippen molar-refractivity contribution in [3.8, 4) is 5.75 Å². The number of hydrogen-bond acceptors (Lipinski definition) is 4. The molecule has 1 heterocycles. The van der Waals surface area contributed by atoms with Gasteiger partial charge in [0.05, 0.1) is 11.2 Å². The minimum atomic E-state index is -0.543. The van der Waals surface area contributed by atoms with Crippen molar-refractivity contribution in [2.45, 2.75) is 71.8 Å². The fourth-order valence-corrected chi connectivity index (χ4v) is 4.11. The molecular formula is C28H34BNO4. The van der Waals surface area contributed by atoms with Crippen molar-refractivity contribution in [2.24, 2.45) is 0 Å². The van der Waals surface area contributed by atoms with E-state index in [0.29, 0.717) is 12.3 Å². The number of carbonyl (C=O) groups is 1. The van der Waals surface area contributed by atoms with Crippen molar-refractivity contribution in [2.75, 3.05) is 0 Å². The average Bonchev–Trinajstić information content (AvgIpc) is 2.97. The van der Waals surface area contributed by atoms with Crippen LogP contribution in [-0.2, 0) is 15.9 Å². The van der Waals surface area contributed by atoms with Crippen molar-refractivity contribution in [3.63, 3.8) is 0 Å². The molecule has 3 aromatic carbocycles. The van der Waals surface area contributed by atoms with E-state index in [-0.39, 0.29) is 0 Å². The first-order chi connectivity index (χ1) is 15.9. The third-order valence-electron chi connectivity index (χ3n) is 6.86. The Morgan fingerprint density at radius 3 is 2.09 bits per heavy atom. The number of fused-ring (bicyclic) bond motifs is 1. The van der Waals surface area contributed by atoms with Crippen LogP contribution in [0.15, 0.2) is 66.7 Å². The van der Waals surface area contributed by atoms with E-state index < -0.39 is 30.0 Å². The van der Waals surface area contributed by atoms with E-state index in [1.165, 1.54) is 0 Å². The van der Waals surface area contributed by atoms with Crippen LogP contribution in [0, 0.1) is 0 Å². The molecule has 0 unspecified atom stereocenters. The Kier molecular flexibility index (Phi) is 6.26. The van der Waals surface area contributed by atoms with Crippen molar-refractivity contribution in [1.29, 1.82) is 0 Å². The van der Waals surface area contributed by atoms with E-state index in [1.54, 1.807) is 17.0 Å². The zero-order valence-corrected chi connectivity index (χ0v) is 21.2. The summed E-state index contributed by atoms with van der Waals surface area (Å²) >= 11 is 0. The summed E-state index contributed by atoms with van der Waals surface area (Å²) in [5, 5.41) is 2.16. The molecule has 34 heavy (non-hydrogen) atoms. The molecule has 0 bridgehead atoms. The topological polar surface area (TPSA) is 48.0 Å². The second-order valence-corrected chi connectivity index (χ2v) is 10.9. The zero-order valence-electron chi connectivity index (χ0n) is 21.2. The first kappa shape index (κ1) is 24.3. The smallest absolute Gasteiger partial charge is 0.410 e. The molecule has 6 heteroatoms. The van der Waals surface area contributed by atoms with E-state index in [2.05, 4.69) is 52.0 Å². The lowest BCUT2D eigenvalue weighted by Gasteiger charge is -2.35. The molecule has 0 N–H and O–H groups in total. The van der Waals surface area contributed by atoms with Gasteiger partial charge < -0.3 is 14.0 Å². The van der Waals surface area contributed by atoms with Gasteiger partial charge in [-0.15, -0.1) is 0 Å². The number of amides is 1. The maximum absolute atomic E-state index is 13.3. The number of benzene rings is 3. The molecule has 1 fully saturated rings. The molecule has 4 rings (SSSR count). The molecule has 3 aromatic rings. The van der Waals surface area contributed by atoms with Crippen LogP contribution in [0.25, 0.3) is 10.8 Å². The molecule has 1 aliphatic rings. The SMILES string of the molecule is CC(C)(C)N(Cc1ccc2ccccc2c1B1OC(C)(C)C(C)(C)O1)C(=O)Oc1ccccc1. The van der Waals surface area contributed by atoms with Crippen LogP contribution in [0.1, 0.15) is 54.0 Å². The molecule has 0 aliphatic carbocycles. The Bertz CT molecular complexity index is 1170. The summed E-state index contributed by atoms with van der Waals surface area (Å²) in [4.78, 5) is 15.1. The van der Waals surface area contributed by atoms with Crippen LogP contribution in [0.2, 0.25) is 0 Å². The van der Waals surface area contributed by atoms with Crippen molar-refractivity contribution >= 4 is 29.4 Å². The summed E-state index contributed by atoms with van der Waals surface area (Å²) in [6.45, 7) is 14.6. The van der Waals surface area contributed by atoms with Crippen LogP contribution in [-0.4, -0.2) is 34.9 Å². The number of carbonyl (C=O) groups excluding carboxylic acids is 1. The fourth-order valence-electron chi connectivity index (χ4n) is 4.11. The Labute approximate surface area is 203 Å². The van der Waals surface area contributed by atoms with Gasteiger partial charge >= 0.3 is 13.2 Å². The summed E-state index contributed by atoms with van der Waals surface area (Å²) in [5.41, 5.74) is 0.518. The van der Waals surface area contributed by atoms with Gasteiger partial charge in [0.2, 0.25) is 0 Å². The van der Waals surface area contributed by atoms with Gasteiger partial charge in [-0.1, -0.05) is 54.6 Å². The van der Waals surface area contributed by atoms with Gasteiger partial charge in [0, 0.05) is 12.1 Å². The first-order valence-electron chi connectivity index (χ1n) is 11.8. The second kappa shape index (κ2) is 8.75. The molecule has 0 spiro atoms. The zero-order chi connectivity index (χ0) is 24.7. The molecule has 1 aliphatic heterocycles. The summed E-state index contributed by atoms with van der Waals surface area (Å²) in [5.74, 6) is 0.520. The number of rotatable bonds is 4. The largest absolute Gasteiger partial charge is 0.495 e. The van der Waals surface area contributed by atoms with E-state index in [4.69, 9.17) is 14.0 Å². The summed E-state index contributed by atoms with van der Waals surface area (Å²) in [6, 6.07) is 21.5. The lowest BCUT2D eigenvalue weighted by atomic mass is 9.72. The molecule has 1 saturated heterocycles. The van der Waals surface area contributed by atoms with Gasteiger partial charge in [0.1, 0.15) is 5.75 Å². The molecule has 178 valence electrons. The van der Waals surface area contributed by atoms with Crippen molar-refractivity contribution < 1.29 is 18.8 Å². The van der Waals surface area contributed by atoms with Gasteiger partial charge in [-0.05, 0) is 82.4 Å². The highest BCUT2D eigenvalue weighted by molar-refractivity contribution is 6.65. The van der Waals surface area contributed by atoms with Crippen LogP contribution in [0.4, 0.5) is 4.79 Å². The fraction of sp³-hybridized carbons (Fsp3) is 0.393. The predicted octanol–water partition coefficient (Wildman–Crippen LogP) is 5.94. The number of hydrogen-bond donors (Lipinski definition) is 0. The Morgan fingerprint density at radius 2 is 1.47 bits per heavy atom. The monoisotopic (exact) mass is 459 g/mol.